The van der Waals surface area contributed by atoms with Gasteiger partial charge in [0.15, 0.2) is 0 Å². The van der Waals surface area contributed by atoms with Crippen molar-refractivity contribution in [2.24, 2.45) is 5.73 Å². The van der Waals surface area contributed by atoms with Crippen LogP contribution in [0.5, 0.6) is 0 Å². The van der Waals surface area contributed by atoms with Crippen molar-refractivity contribution in [2.45, 2.75) is 19.4 Å². The molecule has 0 spiro atoms. The van der Waals surface area contributed by atoms with Crippen LogP contribution in [0.15, 0.2) is 35.7 Å². The lowest BCUT2D eigenvalue weighted by Gasteiger charge is -2.12. The van der Waals surface area contributed by atoms with E-state index >= 15 is 0 Å². The van der Waals surface area contributed by atoms with Gasteiger partial charge in [0, 0.05) is 12.0 Å². The van der Waals surface area contributed by atoms with Crippen molar-refractivity contribution in [1.82, 2.24) is 0 Å². The Bertz CT molecular complexity index is 489. The fourth-order valence-electron chi connectivity index (χ4n) is 1.97. The fraction of sp³-hybridized carbons (Fsp3) is 0.333. The molecular weight excluding hydrogens is 242 g/mol. The van der Waals surface area contributed by atoms with E-state index in [1.807, 2.05) is 0 Å². The number of hydrogen-bond acceptors (Lipinski definition) is 3. The molecule has 3 heteroatoms. The highest BCUT2D eigenvalue weighted by molar-refractivity contribution is 7.10. The van der Waals surface area contributed by atoms with Gasteiger partial charge in [0.2, 0.25) is 0 Å². The van der Waals surface area contributed by atoms with Gasteiger partial charge in [-0.3, -0.25) is 0 Å². The van der Waals surface area contributed by atoms with Gasteiger partial charge in [-0.05, 0) is 41.5 Å². The Hall–Kier alpha value is -1.16. The van der Waals surface area contributed by atoms with Crippen LogP contribution < -0.4 is 5.73 Å². The van der Waals surface area contributed by atoms with Crippen LogP contribution in [-0.4, -0.2) is 13.7 Å². The topological polar surface area (TPSA) is 35.2 Å². The molecule has 1 unspecified atom stereocenters. The average Bonchev–Trinajstić information content (AvgIpc) is 2.82. The second-order valence-corrected chi connectivity index (χ2v) is 5.38. The van der Waals surface area contributed by atoms with Crippen LogP contribution >= 0.6 is 11.3 Å². The van der Waals surface area contributed by atoms with E-state index in [1.54, 1.807) is 18.4 Å². The number of thiophene rings is 1. The quantitative estimate of drug-likeness (QED) is 0.896. The summed E-state index contributed by atoms with van der Waals surface area (Å²) in [6.07, 6.45) is 0.948. The van der Waals surface area contributed by atoms with Crippen LogP contribution in [0.3, 0.4) is 0 Å². The number of methoxy groups -OCH3 is 1. The first kappa shape index (κ1) is 13.3. The van der Waals surface area contributed by atoms with Crippen molar-refractivity contribution in [3.05, 3.63) is 57.3 Å². The molecule has 0 aliphatic rings. The predicted molar refractivity (Wildman–Crippen MR) is 77.1 cm³/mol. The van der Waals surface area contributed by atoms with Gasteiger partial charge in [-0.1, -0.05) is 24.3 Å². The van der Waals surface area contributed by atoms with Gasteiger partial charge in [0.1, 0.15) is 0 Å². The van der Waals surface area contributed by atoms with Crippen LogP contribution in [0.1, 0.15) is 27.6 Å². The van der Waals surface area contributed by atoms with E-state index in [0.717, 1.165) is 13.0 Å². The zero-order valence-electron chi connectivity index (χ0n) is 10.8. The monoisotopic (exact) mass is 261 g/mol. The highest BCUT2D eigenvalue weighted by Gasteiger charge is 2.12. The van der Waals surface area contributed by atoms with Crippen LogP contribution in [-0.2, 0) is 11.2 Å². The summed E-state index contributed by atoms with van der Waals surface area (Å²) in [6, 6.07) is 10.6. The fourth-order valence-corrected chi connectivity index (χ4v) is 2.92. The summed E-state index contributed by atoms with van der Waals surface area (Å²) in [5.41, 5.74) is 10.0. The van der Waals surface area contributed by atoms with Crippen LogP contribution in [0.4, 0.5) is 0 Å². The third-order valence-corrected chi connectivity index (χ3v) is 4.22. The summed E-state index contributed by atoms with van der Waals surface area (Å²) in [4.78, 5) is 1.25. The molecule has 0 radical (unpaired) electrons. The van der Waals surface area contributed by atoms with Gasteiger partial charge >= 0.3 is 0 Å². The maximum absolute atomic E-state index is 6.30. The largest absolute Gasteiger partial charge is 0.384 e. The first-order chi connectivity index (χ1) is 8.72. The van der Waals surface area contributed by atoms with E-state index in [9.17, 15) is 0 Å². The molecule has 0 saturated heterocycles. The predicted octanol–water partition coefficient (Wildman–Crippen LogP) is 3.29. The SMILES string of the molecule is COCCc1ccc(C(N)c2sccc2C)cc1. The second-order valence-electron chi connectivity index (χ2n) is 4.43. The minimum absolute atomic E-state index is 0.0125. The number of aryl methyl sites for hydroxylation is 1. The molecule has 18 heavy (non-hydrogen) atoms. The highest BCUT2D eigenvalue weighted by atomic mass is 32.1. The van der Waals surface area contributed by atoms with Crippen molar-refractivity contribution < 1.29 is 4.74 Å². The van der Waals surface area contributed by atoms with Crippen molar-refractivity contribution in [3.63, 3.8) is 0 Å². The Kier molecular flexibility index (Phi) is 4.53. The van der Waals surface area contributed by atoms with E-state index in [0.29, 0.717) is 0 Å². The third kappa shape index (κ3) is 2.99. The number of nitrogens with two attached hydrogens (primary N) is 1. The zero-order chi connectivity index (χ0) is 13.0. The summed E-state index contributed by atoms with van der Waals surface area (Å²) >= 11 is 1.73. The molecule has 0 bridgehead atoms. The third-order valence-electron chi connectivity index (χ3n) is 3.12. The molecule has 0 fully saturated rings. The van der Waals surface area contributed by atoms with Gasteiger partial charge in [-0.25, -0.2) is 0 Å². The molecule has 96 valence electrons. The molecule has 1 atom stereocenters. The van der Waals surface area contributed by atoms with Crippen LogP contribution in [0, 0.1) is 6.92 Å². The van der Waals surface area contributed by atoms with E-state index < -0.39 is 0 Å². The van der Waals surface area contributed by atoms with Crippen LogP contribution in [0.2, 0.25) is 0 Å². The summed E-state index contributed by atoms with van der Waals surface area (Å²) in [7, 11) is 1.73. The minimum atomic E-state index is -0.0125. The molecular formula is C15H19NOS. The molecule has 0 aliphatic heterocycles. The second kappa shape index (κ2) is 6.14. The maximum Gasteiger partial charge on any atom is 0.0648 e. The van der Waals surface area contributed by atoms with E-state index in [4.69, 9.17) is 10.5 Å². The minimum Gasteiger partial charge on any atom is -0.384 e. The van der Waals surface area contributed by atoms with E-state index in [1.165, 1.54) is 21.6 Å². The highest BCUT2D eigenvalue weighted by Crippen LogP contribution is 2.27. The average molecular weight is 261 g/mol. The van der Waals surface area contributed by atoms with Gasteiger partial charge in [-0.15, -0.1) is 11.3 Å². The number of benzene rings is 1. The first-order valence-corrected chi connectivity index (χ1v) is 6.97. The Morgan fingerprint density at radius 1 is 1.22 bits per heavy atom. The zero-order valence-corrected chi connectivity index (χ0v) is 11.7. The lowest BCUT2D eigenvalue weighted by molar-refractivity contribution is 0.202. The first-order valence-electron chi connectivity index (χ1n) is 6.09. The standard InChI is InChI=1S/C15H19NOS/c1-11-8-10-18-15(11)14(16)13-5-3-12(4-6-13)7-9-17-2/h3-6,8,10,14H,7,9,16H2,1-2H3. The molecule has 0 saturated carbocycles. The summed E-state index contributed by atoms with van der Waals surface area (Å²) < 4.78 is 5.08. The van der Waals surface area contributed by atoms with E-state index in [2.05, 4.69) is 42.6 Å². The Balaban J connectivity index is 2.12. The molecule has 2 N–H and O–H groups in total. The molecule has 0 aliphatic carbocycles. The lowest BCUT2D eigenvalue weighted by Crippen LogP contribution is -2.11. The van der Waals surface area contributed by atoms with Gasteiger partial charge in [0.05, 0.1) is 12.6 Å². The van der Waals surface area contributed by atoms with Gasteiger partial charge < -0.3 is 10.5 Å². The Morgan fingerprint density at radius 3 is 2.50 bits per heavy atom. The molecule has 2 nitrogen and oxygen atoms in total. The van der Waals surface area contributed by atoms with Crippen molar-refractivity contribution in [3.8, 4) is 0 Å². The van der Waals surface area contributed by atoms with Gasteiger partial charge in [0.25, 0.3) is 0 Å². The Labute approximate surface area is 112 Å². The lowest BCUT2D eigenvalue weighted by atomic mass is 10.0. The maximum atomic E-state index is 6.30. The molecule has 1 aromatic heterocycles. The molecule has 2 rings (SSSR count). The van der Waals surface area contributed by atoms with Crippen molar-refractivity contribution in [1.29, 1.82) is 0 Å². The Morgan fingerprint density at radius 2 is 1.94 bits per heavy atom. The summed E-state index contributed by atoms with van der Waals surface area (Å²) in [5.74, 6) is 0. The van der Waals surface area contributed by atoms with Crippen LogP contribution in [0.25, 0.3) is 0 Å². The van der Waals surface area contributed by atoms with Crippen molar-refractivity contribution >= 4 is 11.3 Å². The molecule has 1 aromatic carbocycles. The molecule has 0 amide bonds. The summed E-state index contributed by atoms with van der Waals surface area (Å²) in [6.45, 7) is 2.87. The number of hydrogen-bond donors (Lipinski definition) is 1. The molecule has 1 heterocycles. The number of ether oxygens (including phenoxy) is 1. The smallest absolute Gasteiger partial charge is 0.0648 e. The number of rotatable bonds is 5. The normalized spacial score (nSPS) is 12.6. The summed E-state index contributed by atoms with van der Waals surface area (Å²) in [5, 5.41) is 2.09. The molecule has 2 aromatic rings. The van der Waals surface area contributed by atoms with E-state index in [-0.39, 0.29) is 6.04 Å². The van der Waals surface area contributed by atoms with Gasteiger partial charge in [-0.2, -0.15) is 0 Å². The van der Waals surface area contributed by atoms with Crippen molar-refractivity contribution in [2.75, 3.05) is 13.7 Å².